The Morgan fingerprint density at radius 2 is 2.20 bits per heavy atom. The van der Waals surface area contributed by atoms with Crippen LogP contribution in [0.1, 0.15) is 5.56 Å². The number of anilines is 2. The molecule has 1 aromatic rings. The van der Waals surface area contributed by atoms with Crippen LogP contribution in [-0.2, 0) is 6.61 Å². The molecule has 0 spiro atoms. The van der Waals surface area contributed by atoms with E-state index in [9.17, 15) is 0 Å². The zero-order valence-electron chi connectivity index (χ0n) is 5.41. The molecule has 0 bridgehead atoms. The average molecular weight is 139 g/mol. The third-order valence-electron chi connectivity index (χ3n) is 1.22. The van der Waals surface area contributed by atoms with Gasteiger partial charge in [0.2, 0.25) is 0 Å². The first kappa shape index (κ1) is 6.82. The standard InChI is InChI=1S/C6H9N3O/c7-5-2-9-6(8)1-4(5)3-10/h1-2,10H,3,7H2,(H2,8,9). The van der Waals surface area contributed by atoms with E-state index in [1.807, 2.05) is 0 Å². The van der Waals surface area contributed by atoms with Gasteiger partial charge in [-0.15, -0.1) is 0 Å². The molecule has 0 aliphatic heterocycles. The van der Waals surface area contributed by atoms with Gasteiger partial charge in [-0.1, -0.05) is 0 Å². The summed E-state index contributed by atoms with van der Waals surface area (Å²) in [5.74, 6) is 0.373. The molecule has 1 rings (SSSR count). The van der Waals surface area contributed by atoms with E-state index in [-0.39, 0.29) is 6.61 Å². The maximum absolute atomic E-state index is 8.68. The minimum Gasteiger partial charge on any atom is -0.397 e. The highest BCUT2D eigenvalue weighted by Crippen LogP contribution is 2.11. The molecule has 54 valence electrons. The van der Waals surface area contributed by atoms with Crippen molar-refractivity contribution < 1.29 is 5.11 Å². The van der Waals surface area contributed by atoms with E-state index in [1.54, 1.807) is 6.07 Å². The molecule has 1 aromatic heterocycles. The summed E-state index contributed by atoms with van der Waals surface area (Å²) >= 11 is 0. The lowest BCUT2D eigenvalue weighted by molar-refractivity contribution is 0.282. The van der Waals surface area contributed by atoms with Crippen LogP contribution in [0.25, 0.3) is 0 Å². The Bertz CT molecular complexity index is 236. The molecule has 0 saturated heterocycles. The van der Waals surface area contributed by atoms with Crippen molar-refractivity contribution in [2.24, 2.45) is 0 Å². The smallest absolute Gasteiger partial charge is 0.123 e. The van der Waals surface area contributed by atoms with Crippen molar-refractivity contribution in [1.82, 2.24) is 4.98 Å². The largest absolute Gasteiger partial charge is 0.397 e. The molecule has 0 aliphatic rings. The number of hydrogen-bond donors (Lipinski definition) is 3. The van der Waals surface area contributed by atoms with Crippen LogP contribution in [0.3, 0.4) is 0 Å². The van der Waals surface area contributed by atoms with Gasteiger partial charge < -0.3 is 16.6 Å². The van der Waals surface area contributed by atoms with E-state index >= 15 is 0 Å². The molecule has 0 unspecified atom stereocenters. The van der Waals surface area contributed by atoms with Gasteiger partial charge in [0.05, 0.1) is 18.5 Å². The van der Waals surface area contributed by atoms with Crippen molar-refractivity contribution in [3.05, 3.63) is 17.8 Å². The normalized spacial score (nSPS) is 9.70. The summed E-state index contributed by atoms with van der Waals surface area (Å²) in [6.07, 6.45) is 1.43. The third kappa shape index (κ3) is 1.16. The Kier molecular flexibility index (Phi) is 1.73. The molecule has 10 heavy (non-hydrogen) atoms. The summed E-state index contributed by atoms with van der Waals surface area (Å²) in [7, 11) is 0. The van der Waals surface area contributed by atoms with Crippen molar-refractivity contribution in [3.8, 4) is 0 Å². The van der Waals surface area contributed by atoms with Gasteiger partial charge in [-0.2, -0.15) is 0 Å². The predicted molar refractivity (Wildman–Crippen MR) is 39.0 cm³/mol. The molecule has 0 atom stereocenters. The zero-order chi connectivity index (χ0) is 7.56. The second-order valence-electron chi connectivity index (χ2n) is 1.97. The van der Waals surface area contributed by atoms with E-state index in [1.165, 1.54) is 6.20 Å². The summed E-state index contributed by atoms with van der Waals surface area (Å²) in [5, 5.41) is 8.68. The van der Waals surface area contributed by atoms with Gasteiger partial charge in [0, 0.05) is 5.56 Å². The Labute approximate surface area is 58.5 Å². The van der Waals surface area contributed by atoms with Crippen molar-refractivity contribution in [2.75, 3.05) is 11.5 Å². The van der Waals surface area contributed by atoms with Gasteiger partial charge in [0.1, 0.15) is 5.82 Å². The number of aromatic nitrogens is 1. The molecule has 4 heteroatoms. The van der Waals surface area contributed by atoms with Crippen LogP contribution in [0.5, 0.6) is 0 Å². The topological polar surface area (TPSA) is 85.2 Å². The van der Waals surface area contributed by atoms with Gasteiger partial charge in [-0.05, 0) is 6.07 Å². The van der Waals surface area contributed by atoms with Crippen LogP contribution in [0.2, 0.25) is 0 Å². The number of aliphatic hydroxyl groups is 1. The SMILES string of the molecule is Nc1cc(CO)c(N)cn1. The summed E-state index contributed by atoms with van der Waals surface area (Å²) in [5.41, 5.74) is 11.8. The Morgan fingerprint density at radius 3 is 2.70 bits per heavy atom. The number of nitrogens with zero attached hydrogens (tertiary/aromatic N) is 1. The summed E-state index contributed by atoms with van der Waals surface area (Å²) in [4.78, 5) is 3.73. The zero-order valence-corrected chi connectivity index (χ0v) is 5.41. The predicted octanol–water partition coefficient (Wildman–Crippen LogP) is -0.262. The molecule has 4 nitrogen and oxygen atoms in total. The minimum atomic E-state index is -0.0987. The molecular weight excluding hydrogens is 130 g/mol. The summed E-state index contributed by atoms with van der Waals surface area (Å²) in [6, 6.07) is 1.55. The maximum atomic E-state index is 8.68. The first-order valence-corrected chi connectivity index (χ1v) is 2.84. The van der Waals surface area contributed by atoms with Crippen LogP contribution < -0.4 is 11.5 Å². The van der Waals surface area contributed by atoms with Crippen molar-refractivity contribution >= 4 is 11.5 Å². The quantitative estimate of drug-likeness (QED) is 0.500. The van der Waals surface area contributed by atoms with Crippen LogP contribution >= 0.6 is 0 Å². The van der Waals surface area contributed by atoms with Crippen LogP contribution in [0.15, 0.2) is 12.3 Å². The molecule has 5 N–H and O–H groups in total. The molecule has 0 saturated carbocycles. The van der Waals surface area contributed by atoms with Gasteiger partial charge in [-0.3, -0.25) is 0 Å². The number of hydrogen-bond acceptors (Lipinski definition) is 4. The molecular formula is C6H9N3O. The molecule has 0 aliphatic carbocycles. The van der Waals surface area contributed by atoms with E-state index in [0.29, 0.717) is 17.1 Å². The summed E-state index contributed by atoms with van der Waals surface area (Å²) < 4.78 is 0. The van der Waals surface area contributed by atoms with Crippen molar-refractivity contribution in [3.63, 3.8) is 0 Å². The van der Waals surface area contributed by atoms with E-state index < -0.39 is 0 Å². The van der Waals surface area contributed by atoms with Crippen molar-refractivity contribution in [2.45, 2.75) is 6.61 Å². The molecule has 0 aromatic carbocycles. The van der Waals surface area contributed by atoms with Gasteiger partial charge >= 0.3 is 0 Å². The number of nitrogens with two attached hydrogens (primary N) is 2. The monoisotopic (exact) mass is 139 g/mol. The van der Waals surface area contributed by atoms with E-state index in [4.69, 9.17) is 16.6 Å². The lowest BCUT2D eigenvalue weighted by atomic mass is 10.2. The fraction of sp³-hybridized carbons (Fsp3) is 0.167. The highest BCUT2D eigenvalue weighted by Gasteiger charge is 1.96. The maximum Gasteiger partial charge on any atom is 0.123 e. The van der Waals surface area contributed by atoms with Gasteiger partial charge in [-0.25, -0.2) is 4.98 Å². The van der Waals surface area contributed by atoms with Gasteiger partial charge in [0.25, 0.3) is 0 Å². The lowest BCUT2D eigenvalue weighted by Gasteiger charge is -2.00. The van der Waals surface area contributed by atoms with E-state index in [2.05, 4.69) is 4.98 Å². The van der Waals surface area contributed by atoms with E-state index in [0.717, 1.165) is 0 Å². The Hall–Kier alpha value is -1.29. The molecule has 0 fully saturated rings. The van der Waals surface area contributed by atoms with Gasteiger partial charge in [0.15, 0.2) is 0 Å². The molecule has 0 amide bonds. The Morgan fingerprint density at radius 1 is 1.50 bits per heavy atom. The minimum absolute atomic E-state index is 0.0987. The fourth-order valence-electron chi connectivity index (χ4n) is 0.663. The van der Waals surface area contributed by atoms with Crippen LogP contribution in [0, 0.1) is 0 Å². The van der Waals surface area contributed by atoms with Crippen LogP contribution in [-0.4, -0.2) is 10.1 Å². The lowest BCUT2D eigenvalue weighted by Crippen LogP contribution is -1.98. The first-order chi connectivity index (χ1) is 4.74. The summed E-state index contributed by atoms with van der Waals surface area (Å²) in [6.45, 7) is -0.0987. The first-order valence-electron chi connectivity index (χ1n) is 2.84. The van der Waals surface area contributed by atoms with Crippen LogP contribution in [0.4, 0.5) is 11.5 Å². The third-order valence-corrected chi connectivity index (χ3v) is 1.22. The highest BCUT2D eigenvalue weighted by molar-refractivity contribution is 5.49. The molecule has 0 radical (unpaired) electrons. The highest BCUT2D eigenvalue weighted by atomic mass is 16.3. The molecule has 1 heterocycles. The number of pyridine rings is 1. The second kappa shape index (κ2) is 2.53. The fourth-order valence-corrected chi connectivity index (χ4v) is 0.663. The second-order valence-corrected chi connectivity index (χ2v) is 1.97. The Balaban J connectivity index is 3.09. The number of nitrogen functional groups attached to an aromatic ring is 2. The number of rotatable bonds is 1. The van der Waals surface area contributed by atoms with Crippen molar-refractivity contribution in [1.29, 1.82) is 0 Å². The number of aliphatic hydroxyl groups excluding tert-OH is 1. The average Bonchev–Trinajstić information content (AvgIpc) is 1.94.